The van der Waals surface area contributed by atoms with Crippen LogP contribution in [-0.4, -0.2) is 63.7 Å². The second kappa shape index (κ2) is 6.44. The minimum Gasteiger partial charge on any atom is -0.479 e. The van der Waals surface area contributed by atoms with Gasteiger partial charge in [0, 0.05) is 6.04 Å². The quantitative estimate of drug-likeness (QED) is 0.528. The predicted molar refractivity (Wildman–Crippen MR) is 103 cm³/mol. The van der Waals surface area contributed by atoms with Crippen LogP contribution in [0.15, 0.2) is 11.3 Å². The van der Waals surface area contributed by atoms with Crippen molar-refractivity contribution in [1.29, 1.82) is 0 Å². The van der Waals surface area contributed by atoms with Crippen molar-refractivity contribution in [3.8, 4) is 5.88 Å². The molecule has 2 saturated heterocycles. The smallest absolute Gasteiger partial charge is 0.406 e. The maximum absolute atomic E-state index is 13.0. The van der Waals surface area contributed by atoms with Crippen molar-refractivity contribution in [2.45, 2.75) is 49.8 Å². The third kappa shape index (κ3) is 2.94. The van der Waals surface area contributed by atoms with E-state index in [1.165, 1.54) is 7.11 Å². The van der Waals surface area contributed by atoms with Crippen molar-refractivity contribution in [3.63, 3.8) is 0 Å². The van der Waals surface area contributed by atoms with Crippen molar-refractivity contribution in [1.82, 2.24) is 24.6 Å². The van der Waals surface area contributed by atoms with Crippen molar-refractivity contribution in [3.05, 3.63) is 6.33 Å². The van der Waals surface area contributed by atoms with Crippen LogP contribution in [0, 0.1) is 0 Å². The highest BCUT2D eigenvalue weighted by atomic mass is 31.2. The summed E-state index contributed by atoms with van der Waals surface area (Å²) in [6, 6.07) is 0.156. The molecule has 1 saturated carbocycles. The standard InChI is InChI=1S/C16H22N7O5P/c1-16(18-2)11-9(6-26-29(24,28-11)22-8-4-5-8)27-14(16)23-7-19-10-12(23)20-15(17)21-13(10)25-3/h7-9,11,14H,2,4-6H2,1,3H3,(H,22,24)(H2,17,20,21)/t9-,11-,14-,16-,29?/m1/s1. The zero-order valence-corrected chi connectivity index (χ0v) is 16.9. The van der Waals surface area contributed by atoms with Gasteiger partial charge in [-0.15, -0.1) is 0 Å². The second-order valence-electron chi connectivity index (χ2n) is 7.55. The maximum Gasteiger partial charge on any atom is 0.406 e. The van der Waals surface area contributed by atoms with E-state index < -0.39 is 31.7 Å². The Morgan fingerprint density at radius 3 is 2.97 bits per heavy atom. The summed E-state index contributed by atoms with van der Waals surface area (Å²) < 4.78 is 37.6. The monoisotopic (exact) mass is 423 g/mol. The number of aromatic nitrogens is 4. The Morgan fingerprint density at radius 2 is 2.28 bits per heavy atom. The molecule has 2 aromatic heterocycles. The summed E-state index contributed by atoms with van der Waals surface area (Å²) in [7, 11) is -1.97. The molecule has 0 aromatic carbocycles. The molecule has 0 amide bonds. The number of nitrogen functional groups attached to an aromatic ring is 1. The number of imidazole rings is 1. The number of nitrogens with zero attached hydrogens (tertiary/aromatic N) is 5. The van der Waals surface area contributed by atoms with Crippen LogP contribution in [0.25, 0.3) is 11.2 Å². The highest BCUT2D eigenvalue weighted by molar-refractivity contribution is 7.51. The van der Waals surface area contributed by atoms with Gasteiger partial charge in [-0.05, 0) is 26.5 Å². The molecule has 4 heterocycles. The van der Waals surface area contributed by atoms with Gasteiger partial charge in [0.15, 0.2) is 17.4 Å². The first-order chi connectivity index (χ1) is 13.9. The van der Waals surface area contributed by atoms with Crippen LogP contribution in [0.2, 0.25) is 0 Å². The SMILES string of the molecule is C=N[C@]1(C)[C@@H]2OP(=O)(NC3CC3)OC[C@H]2O[C@H]1n1cnc2c(OC)nc(N)nc21. The fraction of sp³-hybridized carbons (Fsp3) is 0.625. The first-order valence-electron chi connectivity index (χ1n) is 9.25. The summed E-state index contributed by atoms with van der Waals surface area (Å²) >= 11 is 0. The van der Waals surface area contributed by atoms with Crippen LogP contribution in [0.1, 0.15) is 26.0 Å². The highest BCUT2D eigenvalue weighted by Crippen LogP contribution is 2.57. The topological polar surface area (TPSA) is 148 Å². The Hall–Kier alpha value is -2.11. The Morgan fingerprint density at radius 1 is 1.48 bits per heavy atom. The van der Waals surface area contributed by atoms with Gasteiger partial charge in [0.25, 0.3) is 0 Å². The van der Waals surface area contributed by atoms with Gasteiger partial charge in [-0.3, -0.25) is 18.6 Å². The number of fused-ring (bicyclic) bond motifs is 2. The number of nitrogens with one attached hydrogen (secondary N) is 1. The molecular weight excluding hydrogens is 401 g/mol. The third-order valence-electron chi connectivity index (χ3n) is 5.49. The predicted octanol–water partition coefficient (Wildman–Crippen LogP) is 1.05. The number of aliphatic imine (C=N–C) groups is 1. The summed E-state index contributed by atoms with van der Waals surface area (Å²) in [6.07, 6.45) is 1.65. The molecular formula is C16H22N7O5P. The lowest BCUT2D eigenvalue weighted by Crippen LogP contribution is -2.47. The molecule has 13 heteroatoms. The zero-order chi connectivity index (χ0) is 20.4. The molecule has 29 heavy (non-hydrogen) atoms. The molecule has 3 aliphatic rings. The molecule has 12 nitrogen and oxygen atoms in total. The number of nitrogens with two attached hydrogens (primary N) is 1. The van der Waals surface area contributed by atoms with Crippen LogP contribution < -0.4 is 15.6 Å². The molecule has 2 aliphatic heterocycles. The van der Waals surface area contributed by atoms with Crippen molar-refractivity contribution in [2.75, 3.05) is 19.5 Å². The Labute approximate surface area is 166 Å². The summed E-state index contributed by atoms with van der Waals surface area (Å²) in [5.74, 6) is 0.296. The van der Waals surface area contributed by atoms with E-state index in [1.807, 2.05) is 6.92 Å². The zero-order valence-electron chi connectivity index (χ0n) is 16.0. The van der Waals surface area contributed by atoms with E-state index in [2.05, 4.69) is 31.7 Å². The Bertz CT molecular complexity index is 1030. The Kier molecular flexibility index (Phi) is 4.20. The fourth-order valence-electron chi connectivity index (χ4n) is 3.78. The van der Waals surface area contributed by atoms with Gasteiger partial charge in [0.1, 0.15) is 17.7 Å². The molecule has 5 atom stereocenters. The average molecular weight is 423 g/mol. The first kappa shape index (κ1) is 18.9. The minimum atomic E-state index is -3.45. The molecule has 1 aliphatic carbocycles. The molecule has 1 unspecified atom stereocenters. The van der Waals surface area contributed by atoms with Crippen LogP contribution >= 0.6 is 7.75 Å². The van der Waals surface area contributed by atoms with Crippen molar-refractivity contribution < 1.29 is 23.1 Å². The lowest BCUT2D eigenvalue weighted by molar-refractivity contribution is -0.0586. The summed E-state index contributed by atoms with van der Waals surface area (Å²) in [5, 5.41) is 2.97. The second-order valence-corrected chi connectivity index (χ2v) is 9.27. The van der Waals surface area contributed by atoms with Crippen LogP contribution in [-0.2, 0) is 18.3 Å². The van der Waals surface area contributed by atoms with E-state index >= 15 is 0 Å². The van der Waals surface area contributed by atoms with E-state index in [-0.39, 0.29) is 24.5 Å². The van der Waals surface area contributed by atoms with Gasteiger partial charge in [-0.1, -0.05) is 0 Å². The molecule has 2 aromatic rings. The lowest BCUT2D eigenvalue weighted by Gasteiger charge is -2.36. The van der Waals surface area contributed by atoms with Gasteiger partial charge in [-0.2, -0.15) is 9.97 Å². The Balaban J connectivity index is 1.53. The van der Waals surface area contributed by atoms with Gasteiger partial charge >= 0.3 is 7.75 Å². The van der Waals surface area contributed by atoms with Gasteiger partial charge < -0.3 is 15.2 Å². The van der Waals surface area contributed by atoms with Gasteiger partial charge in [-0.25, -0.2) is 14.6 Å². The van der Waals surface area contributed by atoms with Crippen LogP contribution in [0.4, 0.5) is 5.95 Å². The van der Waals surface area contributed by atoms with E-state index in [4.69, 9.17) is 24.3 Å². The maximum atomic E-state index is 13.0. The summed E-state index contributed by atoms with van der Waals surface area (Å²) in [4.78, 5) is 17.0. The molecule has 0 bridgehead atoms. The number of anilines is 1. The lowest BCUT2D eigenvalue weighted by atomic mass is 9.93. The van der Waals surface area contributed by atoms with E-state index in [0.717, 1.165) is 12.8 Å². The molecule has 3 fully saturated rings. The number of hydrogen-bond acceptors (Lipinski definition) is 10. The normalized spacial score (nSPS) is 36.8. The number of hydrogen-bond donors (Lipinski definition) is 2. The first-order valence-corrected chi connectivity index (χ1v) is 10.8. The van der Waals surface area contributed by atoms with Crippen LogP contribution in [0.5, 0.6) is 5.88 Å². The molecule has 5 rings (SSSR count). The van der Waals surface area contributed by atoms with E-state index in [1.54, 1.807) is 10.9 Å². The average Bonchev–Trinajstić information content (AvgIpc) is 3.33. The van der Waals surface area contributed by atoms with Crippen LogP contribution in [0.3, 0.4) is 0 Å². The van der Waals surface area contributed by atoms with Gasteiger partial charge in [0.05, 0.1) is 20.0 Å². The summed E-state index contributed by atoms with van der Waals surface area (Å²) in [5.41, 5.74) is 5.70. The summed E-state index contributed by atoms with van der Waals surface area (Å²) in [6.45, 7) is 5.68. The van der Waals surface area contributed by atoms with Crippen molar-refractivity contribution >= 4 is 31.6 Å². The minimum absolute atomic E-state index is 0.0393. The van der Waals surface area contributed by atoms with Crippen molar-refractivity contribution in [2.24, 2.45) is 4.99 Å². The molecule has 156 valence electrons. The highest BCUT2D eigenvalue weighted by Gasteiger charge is 2.60. The molecule has 3 N–H and O–H groups in total. The molecule has 0 spiro atoms. The number of ether oxygens (including phenoxy) is 2. The molecule has 0 radical (unpaired) electrons. The van der Waals surface area contributed by atoms with Gasteiger partial charge in [0.2, 0.25) is 11.8 Å². The largest absolute Gasteiger partial charge is 0.479 e. The fourth-order valence-corrected chi connectivity index (χ4v) is 5.68. The number of rotatable bonds is 5. The van der Waals surface area contributed by atoms with E-state index in [9.17, 15) is 4.57 Å². The van der Waals surface area contributed by atoms with E-state index in [0.29, 0.717) is 11.2 Å². The number of methoxy groups -OCH3 is 1. The third-order valence-corrected chi connectivity index (χ3v) is 7.16.